The van der Waals surface area contributed by atoms with Crippen LogP contribution in [0.5, 0.6) is 5.75 Å². The molecular weight excluding hydrogens is 374 g/mol. The predicted molar refractivity (Wildman–Crippen MR) is 82.6 cm³/mol. The molecule has 0 saturated heterocycles. The smallest absolute Gasteiger partial charge is 0.259 e. The summed E-state index contributed by atoms with van der Waals surface area (Å²) in [6.45, 7) is 1.87. The number of aromatic hydroxyl groups is 1. The summed E-state index contributed by atoms with van der Waals surface area (Å²) >= 11 is 6.72. The Morgan fingerprint density at radius 2 is 1.89 bits per heavy atom. The highest BCUT2D eigenvalue weighted by Crippen LogP contribution is 2.27. The van der Waals surface area contributed by atoms with Crippen LogP contribution >= 0.6 is 31.9 Å². The normalized spacial score (nSPS) is 10.3. The number of carbonyl (C=O) groups is 1. The first-order chi connectivity index (χ1) is 8.97. The Labute approximate surface area is 127 Å². The summed E-state index contributed by atoms with van der Waals surface area (Å²) in [6.07, 6.45) is 0. The lowest BCUT2D eigenvalue weighted by Crippen LogP contribution is -2.12. The summed E-state index contributed by atoms with van der Waals surface area (Å²) in [4.78, 5) is 12.1. The van der Waals surface area contributed by atoms with E-state index in [-0.39, 0.29) is 17.2 Å². The van der Waals surface area contributed by atoms with Gasteiger partial charge in [-0.25, -0.2) is 0 Å². The van der Waals surface area contributed by atoms with Crippen LogP contribution in [0.1, 0.15) is 15.9 Å². The standard InChI is InChI=1S/C14H11Br2NO2/c1-8-2-5-13(18)10(6-8)14(19)17-12-4-3-9(15)7-11(12)16/h2-7,18H,1H3,(H,17,19). The molecule has 0 fully saturated rings. The summed E-state index contributed by atoms with van der Waals surface area (Å²) in [7, 11) is 0. The molecule has 0 heterocycles. The first-order valence-electron chi connectivity index (χ1n) is 5.53. The van der Waals surface area contributed by atoms with Crippen LogP contribution in [0.25, 0.3) is 0 Å². The molecule has 0 bridgehead atoms. The van der Waals surface area contributed by atoms with Gasteiger partial charge < -0.3 is 10.4 Å². The molecule has 0 unspecified atom stereocenters. The van der Waals surface area contributed by atoms with Crippen molar-refractivity contribution >= 4 is 43.5 Å². The van der Waals surface area contributed by atoms with Crippen molar-refractivity contribution in [2.75, 3.05) is 5.32 Å². The van der Waals surface area contributed by atoms with Crippen molar-refractivity contribution in [2.45, 2.75) is 6.92 Å². The lowest BCUT2D eigenvalue weighted by molar-refractivity contribution is 0.102. The van der Waals surface area contributed by atoms with E-state index in [0.717, 1.165) is 14.5 Å². The Balaban J connectivity index is 2.28. The number of rotatable bonds is 2. The zero-order valence-corrected chi connectivity index (χ0v) is 13.2. The summed E-state index contributed by atoms with van der Waals surface area (Å²) in [5.74, 6) is -0.374. The number of aryl methyl sites for hydroxylation is 1. The molecule has 5 heteroatoms. The number of phenolic OH excluding ortho intramolecular Hbond substituents is 1. The fourth-order valence-electron chi connectivity index (χ4n) is 1.61. The molecule has 3 nitrogen and oxygen atoms in total. The average Bonchev–Trinajstić information content (AvgIpc) is 2.35. The lowest BCUT2D eigenvalue weighted by atomic mass is 10.1. The molecule has 0 saturated carbocycles. The Bertz CT molecular complexity index is 641. The quantitative estimate of drug-likeness (QED) is 0.801. The van der Waals surface area contributed by atoms with Crippen molar-refractivity contribution in [1.82, 2.24) is 0 Å². The number of amides is 1. The van der Waals surface area contributed by atoms with Crippen LogP contribution in [0.3, 0.4) is 0 Å². The molecule has 0 radical (unpaired) electrons. The molecule has 1 amide bonds. The Hall–Kier alpha value is -1.33. The molecule has 0 atom stereocenters. The lowest BCUT2D eigenvalue weighted by Gasteiger charge is -2.09. The van der Waals surface area contributed by atoms with E-state index in [1.54, 1.807) is 18.2 Å². The maximum absolute atomic E-state index is 12.1. The summed E-state index contributed by atoms with van der Waals surface area (Å²) < 4.78 is 1.68. The molecule has 2 aromatic rings. The first-order valence-corrected chi connectivity index (χ1v) is 7.12. The minimum Gasteiger partial charge on any atom is -0.507 e. The van der Waals surface area contributed by atoms with E-state index in [1.165, 1.54) is 6.07 Å². The Morgan fingerprint density at radius 3 is 2.58 bits per heavy atom. The van der Waals surface area contributed by atoms with Gasteiger partial charge in [0.25, 0.3) is 5.91 Å². The SMILES string of the molecule is Cc1ccc(O)c(C(=O)Nc2ccc(Br)cc2Br)c1. The molecule has 0 aliphatic rings. The largest absolute Gasteiger partial charge is 0.507 e. The van der Waals surface area contributed by atoms with Gasteiger partial charge in [-0.1, -0.05) is 27.6 Å². The van der Waals surface area contributed by atoms with Crippen LogP contribution in [0.15, 0.2) is 45.3 Å². The molecule has 2 N–H and O–H groups in total. The third-order valence-corrected chi connectivity index (χ3v) is 3.73. The van der Waals surface area contributed by atoms with Gasteiger partial charge in [0.05, 0.1) is 11.3 Å². The molecule has 0 aliphatic heterocycles. The molecule has 0 spiro atoms. The van der Waals surface area contributed by atoms with Crippen LogP contribution in [0, 0.1) is 6.92 Å². The monoisotopic (exact) mass is 383 g/mol. The number of halogens is 2. The maximum Gasteiger partial charge on any atom is 0.259 e. The molecule has 2 aromatic carbocycles. The second-order valence-electron chi connectivity index (χ2n) is 4.10. The summed E-state index contributed by atoms with van der Waals surface area (Å²) in [6, 6.07) is 10.4. The second kappa shape index (κ2) is 5.75. The third kappa shape index (κ3) is 3.36. The van der Waals surface area contributed by atoms with Crippen molar-refractivity contribution < 1.29 is 9.90 Å². The number of hydrogen-bond donors (Lipinski definition) is 2. The van der Waals surface area contributed by atoms with E-state index in [2.05, 4.69) is 37.2 Å². The summed E-state index contributed by atoms with van der Waals surface area (Å²) in [5, 5.41) is 12.5. The van der Waals surface area contributed by atoms with Gasteiger partial charge in [-0.15, -0.1) is 0 Å². The van der Waals surface area contributed by atoms with E-state index in [0.29, 0.717) is 5.69 Å². The number of hydrogen-bond acceptors (Lipinski definition) is 2. The van der Waals surface area contributed by atoms with Crippen molar-refractivity contribution in [3.05, 3.63) is 56.5 Å². The third-order valence-electron chi connectivity index (χ3n) is 2.58. The van der Waals surface area contributed by atoms with Gasteiger partial charge in [0.2, 0.25) is 0 Å². The molecule has 2 rings (SSSR count). The number of nitrogens with one attached hydrogen (secondary N) is 1. The van der Waals surface area contributed by atoms with Crippen LogP contribution < -0.4 is 5.32 Å². The van der Waals surface area contributed by atoms with Gasteiger partial charge in [0.15, 0.2) is 0 Å². The Kier molecular flexibility index (Phi) is 4.27. The van der Waals surface area contributed by atoms with Crippen LogP contribution in [-0.4, -0.2) is 11.0 Å². The van der Waals surface area contributed by atoms with E-state index < -0.39 is 0 Å². The number of benzene rings is 2. The van der Waals surface area contributed by atoms with Crippen molar-refractivity contribution in [3.63, 3.8) is 0 Å². The minimum absolute atomic E-state index is 0.0312. The van der Waals surface area contributed by atoms with Crippen molar-refractivity contribution in [2.24, 2.45) is 0 Å². The highest BCUT2D eigenvalue weighted by Gasteiger charge is 2.12. The van der Waals surface area contributed by atoms with Crippen LogP contribution in [0.2, 0.25) is 0 Å². The zero-order valence-electron chi connectivity index (χ0n) is 10.1. The Morgan fingerprint density at radius 1 is 1.16 bits per heavy atom. The molecular formula is C14H11Br2NO2. The van der Waals surface area contributed by atoms with Gasteiger partial charge in [-0.2, -0.15) is 0 Å². The van der Waals surface area contributed by atoms with Crippen molar-refractivity contribution in [3.8, 4) is 5.75 Å². The second-order valence-corrected chi connectivity index (χ2v) is 5.87. The van der Waals surface area contributed by atoms with Gasteiger partial charge >= 0.3 is 0 Å². The van der Waals surface area contributed by atoms with Gasteiger partial charge in [0, 0.05) is 8.95 Å². The van der Waals surface area contributed by atoms with E-state index >= 15 is 0 Å². The summed E-state index contributed by atoms with van der Waals surface area (Å²) in [5.41, 5.74) is 1.82. The van der Waals surface area contributed by atoms with Gasteiger partial charge in [-0.3, -0.25) is 4.79 Å². The molecule has 0 aromatic heterocycles. The molecule has 19 heavy (non-hydrogen) atoms. The number of anilines is 1. The van der Waals surface area contributed by atoms with E-state index in [1.807, 2.05) is 19.1 Å². The van der Waals surface area contributed by atoms with Gasteiger partial charge in [0.1, 0.15) is 5.75 Å². The zero-order chi connectivity index (χ0) is 14.0. The number of carbonyl (C=O) groups excluding carboxylic acids is 1. The highest BCUT2D eigenvalue weighted by molar-refractivity contribution is 9.11. The fraction of sp³-hybridized carbons (Fsp3) is 0.0714. The minimum atomic E-state index is -0.343. The average molecular weight is 385 g/mol. The fourth-order valence-corrected chi connectivity index (χ4v) is 2.76. The topological polar surface area (TPSA) is 49.3 Å². The highest BCUT2D eigenvalue weighted by atomic mass is 79.9. The van der Waals surface area contributed by atoms with Crippen LogP contribution in [-0.2, 0) is 0 Å². The maximum atomic E-state index is 12.1. The molecule has 98 valence electrons. The first kappa shape index (κ1) is 14.1. The van der Waals surface area contributed by atoms with Crippen molar-refractivity contribution in [1.29, 1.82) is 0 Å². The van der Waals surface area contributed by atoms with Crippen LogP contribution in [0.4, 0.5) is 5.69 Å². The van der Waals surface area contributed by atoms with E-state index in [9.17, 15) is 9.90 Å². The predicted octanol–water partition coefficient (Wildman–Crippen LogP) is 4.48. The molecule has 0 aliphatic carbocycles. The van der Waals surface area contributed by atoms with Gasteiger partial charge in [-0.05, 0) is 53.2 Å². The van der Waals surface area contributed by atoms with E-state index in [4.69, 9.17) is 0 Å². The number of phenols is 1.